The number of nitrogens with one attached hydrogen (secondary N) is 1. The Morgan fingerprint density at radius 2 is 1.75 bits per heavy atom. The number of aliphatic carboxylic acids is 2. The van der Waals surface area contributed by atoms with Gasteiger partial charge in [0.2, 0.25) is 0 Å². The highest BCUT2D eigenvalue weighted by atomic mass is 16.4. The fourth-order valence-electron chi connectivity index (χ4n) is 3.55. The molecule has 1 aliphatic heterocycles. The molecule has 0 aliphatic carbocycles. The van der Waals surface area contributed by atoms with Crippen molar-refractivity contribution in [2.24, 2.45) is 5.73 Å². The number of rotatable bonds is 5. The molecule has 0 bridgehead atoms. The molecule has 1 atom stereocenters. The van der Waals surface area contributed by atoms with Crippen LogP contribution in [0.1, 0.15) is 34.7 Å². The molecule has 1 saturated heterocycles. The number of aromatic nitrogens is 2. The van der Waals surface area contributed by atoms with Crippen LogP contribution < -0.4 is 11.1 Å². The van der Waals surface area contributed by atoms with E-state index in [9.17, 15) is 14.4 Å². The number of amides is 1. The lowest BCUT2D eigenvalue weighted by Crippen LogP contribution is -2.28. The molecule has 1 fully saturated rings. The highest BCUT2D eigenvalue weighted by Crippen LogP contribution is 2.25. The quantitative estimate of drug-likeness (QED) is 0.449. The molecule has 0 radical (unpaired) electrons. The van der Waals surface area contributed by atoms with E-state index in [0.717, 1.165) is 24.2 Å². The molecule has 9 nitrogen and oxygen atoms in total. The summed E-state index contributed by atoms with van der Waals surface area (Å²) in [7, 11) is 0. The summed E-state index contributed by atoms with van der Waals surface area (Å²) in [6, 6.07) is 14.0. The third-order valence-corrected chi connectivity index (χ3v) is 5.10. The molecule has 9 heteroatoms. The smallest absolute Gasteiger partial charge is 0.328 e. The van der Waals surface area contributed by atoms with Gasteiger partial charge in [-0.25, -0.2) is 14.3 Å². The first kappa shape index (κ1) is 22.7. The summed E-state index contributed by atoms with van der Waals surface area (Å²) >= 11 is 0. The summed E-state index contributed by atoms with van der Waals surface area (Å²) in [5, 5.41) is 24.5. The zero-order valence-corrected chi connectivity index (χ0v) is 17.3. The van der Waals surface area contributed by atoms with Crippen molar-refractivity contribution in [2.45, 2.75) is 18.8 Å². The van der Waals surface area contributed by atoms with Crippen LogP contribution in [0, 0.1) is 0 Å². The van der Waals surface area contributed by atoms with E-state index < -0.39 is 17.8 Å². The van der Waals surface area contributed by atoms with Gasteiger partial charge in [-0.2, -0.15) is 5.10 Å². The largest absolute Gasteiger partial charge is 0.478 e. The van der Waals surface area contributed by atoms with Crippen molar-refractivity contribution in [3.05, 3.63) is 71.9 Å². The number of piperidine rings is 1. The molecular weight excluding hydrogens is 412 g/mol. The average molecular weight is 436 g/mol. The molecule has 32 heavy (non-hydrogen) atoms. The number of hydrogen-bond donors (Lipinski definition) is 4. The van der Waals surface area contributed by atoms with Gasteiger partial charge in [0.15, 0.2) is 0 Å². The second kappa shape index (κ2) is 10.4. The van der Waals surface area contributed by atoms with Crippen LogP contribution in [-0.2, 0) is 9.59 Å². The molecule has 1 aromatic heterocycles. The molecule has 166 valence electrons. The van der Waals surface area contributed by atoms with E-state index in [1.807, 2.05) is 18.3 Å². The normalized spacial score (nSPS) is 15.8. The maximum absolute atomic E-state index is 11.5. The first-order valence-corrected chi connectivity index (χ1v) is 10.1. The standard InChI is InChI=1S/C19H20N4O.C4H4O4/c20-19(24)17-5-1-3-15-12-23(22-18(15)17)16-8-6-13(7-9-16)14-4-2-10-21-11-14;5-3(6)1-2-4(7)8/h1,3,5-9,12,14,21H,2,4,10-11H2,(H2,20,24);1-2H,(H,5,6)(H,7,8)/b;2-1+/t14-;/m1./s1. The Balaban J connectivity index is 0.000000312. The van der Waals surface area contributed by atoms with Crippen molar-refractivity contribution in [1.82, 2.24) is 15.1 Å². The number of fused-ring (bicyclic) bond motifs is 1. The predicted molar refractivity (Wildman–Crippen MR) is 119 cm³/mol. The van der Waals surface area contributed by atoms with E-state index >= 15 is 0 Å². The zero-order valence-electron chi connectivity index (χ0n) is 17.3. The number of carbonyl (C=O) groups is 3. The molecule has 0 unspecified atom stereocenters. The number of nitrogens with zero attached hydrogens (tertiary/aromatic N) is 2. The highest BCUT2D eigenvalue weighted by molar-refractivity contribution is 6.04. The fourth-order valence-corrected chi connectivity index (χ4v) is 3.55. The molecule has 4 rings (SSSR count). The van der Waals surface area contributed by atoms with Crippen molar-refractivity contribution in [1.29, 1.82) is 0 Å². The number of carboxylic acid groups (broad SMARTS) is 2. The van der Waals surface area contributed by atoms with Gasteiger partial charge in [0, 0.05) is 30.3 Å². The molecule has 1 aliphatic rings. The van der Waals surface area contributed by atoms with Crippen LogP contribution in [0.3, 0.4) is 0 Å². The van der Waals surface area contributed by atoms with Gasteiger partial charge in [-0.05, 0) is 49.1 Å². The lowest BCUT2D eigenvalue weighted by Gasteiger charge is -2.23. The Morgan fingerprint density at radius 3 is 2.31 bits per heavy atom. The van der Waals surface area contributed by atoms with E-state index in [2.05, 4.69) is 34.7 Å². The maximum Gasteiger partial charge on any atom is 0.328 e. The topological polar surface area (TPSA) is 148 Å². The number of carboxylic acids is 2. The first-order valence-electron chi connectivity index (χ1n) is 10.1. The number of hydrogen-bond acceptors (Lipinski definition) is 5. The van der Waals surface area contributed by atoms with Crippen LogP contribution >= 0.6 is 0 Å². The summed E-state index contributed by atoms with van der Waals surface area (Å²) in [5.41, 5.74) is 8.88. The summed E-state index contributed by atoms with van der Waals surface area (Å²) < 4.78 is 1.81. The van der Waals surface area contributed by atoms with Gasteiger partial charge in [-0.15, -0.1) is 0 Å². The van der Waals surface area contributed by atoms with E-state index in [0.29, 0.717) is 29.2 Å². The predicted octanol–water partition coefficient (Wildman–Crippen LogP) is 2.30. The van der Waals surface area contributed by atoms with Crippen molar-refractivity contribution in [3.63, 3.8) is 0 Å². The Bertz CT molecular complexity index is 1130. The van der Waals surface area contributed by atoms with Gasteiger partial charge in [-0.3, -0.25) is 4.79 Å². The van der Waals surface area contributed by atoms with Crippen molar-refractivity contribution < 1.29 is 24.6 Å². The second-order valence-electron chi connectivity index (χ2n) is 7.33. The molecule has 3 aromatic rings. The summed E-state index contributed by atoms with van der Waals surface area (Å²) in [4.78, 5) is 30.7. The van der Waals surface area contributed by atoms with E-state index in [4.69, 9.17) is 15.9 Å². The SMILES string of the molecule is NC(=O)c1cccc2cn(-c3ccc([C@@H]4CCCNC4)cc3)nc12.O=C(O)/C=C/C(=O)O. The van der Waals surface area contributed by atoms with Gasteiger partial charge in [-0.1, -0.05) is 24.3 Å². The summed E-state index contributed by atoms with van der Waals surface area (Å²) in [6.45, 7) is 2.17. The molecule has 1 amide bonds. The van der Waals surface area contributed by atoms with E-state index in [-0.39, 0.29) is 0 Å². The van der Waals surface area contributed by atoms with Gasteiger partial charge >= 0.3 is 11.9 Å². The molecule has 5 N–H and O–H groups in total. The third-order valence-electron chi connectivity index (χ3n) is 5.10. The molecule has 2 aromatic carbocycles. The number of benzene rings is 2. The van der Waals surface area contributed by atoms with Crippen LogP contribution in [0.5, 0.6) is 0 Å². The molecule has 0 spiro atoms. The minimum absolute atomic E-state index is 0.453. The second-order valence-corrected chi connectivity index (χ2v) is 7.33. The Labute approximate surface area is 184 Å². The molecule has 0 saturated carbocycles. The molecular formula is C23H24N4O5. The Hall–Kier alpha value is -3.98. The lowest BCUT2D eigenvalue weighted by molar-refractivity contribution is -0.134. The highest BCUT2D eigenvalue weighted by Gasteiger charge is 2.15. The lowest BCUT2D eigenvalue weighted by atomic mass is 9.92. The van der Waals surface area contributed by atoms with Crippen LogP contribution in [-0.4, -0.2) is 50.9 Å². The Morgan fingerprint density at radius 1 is 1.06 bits per heavy atom. The van der Waals surface area contributed by atoms with Gasteiger partial charge in [0.1, 0.15) is 5.52 Å². The third kappa shape index (κ3) is 5.79. The van der Waals surface area contributed by atoms with Crippen LogP contribution in [0.15, 0.2) is 60.8 Å². The van der Waals surface area contributed by atoms with Gasteiger partial charge in [0.05, 0.1) is 11.3 Å². The van der Waals surface area contributed by atoms with Crippen LogP contribution in [0.25, 0.3) is 16.6 Å². The zero-order chi connectivity index (χ0) is 23.1. The van der Waals surface area contributed by atoms with Gasteiger partial charge in [0.25, 0.3) is 5.91 Å². The maximum atomic E-state index is 11.5. The number of carbonyl (C=O) groups excluding carboxylic acids is 1. The average Bonchev–Trinajstić information content (AvgIpc) is 3.23. The number of primary amides is 1. The first-order chi connectivity index (χ1) is 15.3. The van der Waals surface area contributed by atoms with Crippen LogP contribution in [0.4, 0.5) is 0 Å². The van der Waals surface area contributed by atoms with Gasteiger partial charge < -0.3 is 21.3 Å². The van der Waals surface area contributed by atoms with E-state index in [1.54, 1.807) is 10.7 Å². The van der Waals surface area contributed by atoms with Crippen LogP contribution in [0.2, 0.25) is 0 Å². The summed E-state index contributed by atoms with van der Waals surface area (Å²) in [5.74, 6) is -2.38. The minimum Gasteiger partial charge on any atom is -0.478 e. The monoisotopic (exact) mass is 436 g/mol. The molecule has 2 heterocycles. The fraction of sp³-hybridized carbons (Fsp3) is 0.217. The summed E-state index contributed by atoms with van der Waals surface area (Å²) in [6.07, 6.45) is 5.51. The minimum atomic E-state index is -1.26. The Kier molecular flexibility index (Phi) is 7.35. The van der Waals surface area contributed by atoms with E-state index in [1.165, 1.54) is 18.4 Å². The van der Waals surface area contributed by atoms with Crippen molar-refractivity contribution in [2.75, 3.05) is 13.1 Å². The van der Waals surface area contributed by atoms with Crippen molar-refractivity contribution in [3.8, 4) is 5.69 Å². The van der Waals surface area contributed by atoms with Crippen molar-refractivity contribution >= 4 is 28.7 Å². The number of nitrogens with two attached hydrogens (primary N) is 1.